The average molecular weight is 350 g/mol. The molecule has 1 amide bonds. The number of carbonyl (C=O) groups is 1. The van der Waals surface area contributed by atoms with Gasteiger partial charge in [0.2, 0.25) is 5.91 Å². The molecule has 0 saturated carbocycles. The van der Waals surface area contributed by atoms with Crippen molar-refractivity contribution in [3.8, 4) is 5.75 Å². The van der Waals surface area contributed by atoms with Gasteiger partial charge in [0.15, 0.2) is 0 Å². The minimum atomic E-state index is 0.203. The van der Waals surface area contributed by atoms with E-state index in [1.807, 2.05) is 47.4 Å². The molecule has 0 spiro atoms. The van der Waals surface area contributed by atoms with Gasteiger partial charge in [0, 0.05) is 32.7 Å². The molecule has 0 aromatic heterocycles. The number of ether oxygens (including phenoxy) is 1. The van der Waals surface area contributed by atoms with Gasteiger partial charge in [0.25, 0.3) is 0 Å². The predicted octanol–water partition coefficient (Wildman–Crippen LogP) is 3.10. The number of benzene rings is 2. The van der Waals surface area contributed by atoms with Crippen molar-refractivity contribution in [2.24, 2.45) is 0 Å². The van der Waals surface area contributed by atoms with Gasteiger partial charge < -0.3 is 9.64 Å². The molecule has 3 rings (SSSR count). The summed E-state index contributed by atoms with van der Waals surface area (Å²) < 4.78 is 5.16. The van der Waals surface area contributed by atoms with Gasteiger partial charge in [-0.05, 0) is 23.3 Å². The van der Waals surface area contributed by atoms with Crippen LogP contribution in [-0.2, 0) is 11.2 Å². The van der Waals surface area contributed by atoms with E-state index in [0.29, 0.717) is 6.42 Å². The fraction of sp³-hybridized carbons (Fsp3) is 0.318. The number of rotatable bonds is 6. The van der Waals surface area contributed by atoms with Crippen molar-refractivity contribution in [2.45, 2.75) is 6.42 Å². The summed E-state index contributed by atoms with van der Waals surface area (Å²) in [5.41, 5.74) is 2.25. The van der Waals surface area contributed by atoms with E-state index in [1.165, 1.54) is 5.56 Å². The number of piperazine rings is 1. The van der Waals surface area contributed by atoms with Crippen LogP contribution in [0.2, 0.25) is 0 Å². The van der Waals surface area contributed by atoms with Crippen LogP contribution >= 0.6 is 0 Å². The van der Waals surface area contributed by atoms with Crippen LogP contribution in [0.1, 0.15) is 11.1 Å². The topological polar surface area (TPSA) is 32.8 Å². The summed E-state index contributed by atoms with van der Waals surface area (Å²) >= 11 is 0. The van der Waals surface area contributed by atoms with Crippen LogP contribution < -0.4 is 4.74 Å². The third-order valence-electron chi connectivity index (χ3n) is 4.71. The highest BCUT2D eigenvalue weighted by Gasteiger charge is 2.20. The highest BCUT2D eigenvalue weighted by Crippen LogP contribution is 2.13. The van der Waals surface area contributed by atoms with Crippen molar-refractivity contribution in [2.75, 3.05) is 39.8 Å². The maximum atomic E-state index is 12.5. The summed E-state index contributed by atoms with van der Waals surface area (Å²) in [7, 11) is 1.65. The smallest absolute Gasteiger partial charge is 0.227 e. The zero-order valence-corrected chi connectivity index (χ0v) is 15.3. The Balaban J connectivity index is 1.42. The van der Waals surface area contributed by atoms with Crippen LogP contribution in [0.5, 0.6) is 5.75 Å². The number of hydrogen-bond acceptors (Lipinski definition) is 3. The number of hydrogen-bond donors (Lipinski definition) is 0. The minimum absolute atomic E-state index is 0.203. The monoisotopic (exact) mass is 350 g/mol. The summed E-state index contributed by atoms with van der Waals surface area (Å²) in [6.07, 6.45) is 4.81. The molecule has 2 aromatic carbocycles. The molecule has 1 saturated heterocycles. The first kappa shape index (κ1) is 18.2. The lowest BCUT2D eigenvalue weighted by atomic mass is 10.1. The summed E-state index contributed by atoms with van der Waals surface area (Å²) in [6.45, 7) is 4.37. The van der Waals surface area contributed by atoms with Crippen LogP contribution in [0.4, 0.5) is 0 Å². The van der Waals surface area contributed by atoms with E-state index >= 15 is 0 Å². The molecule has 26 heavy (non-hydrogen) atoms. The Kier molecular flexibility index (Phi) is 6.45. The maximum absolute atomic E-state index is 12.5. The number of carbonyl (C=O) groups excluding carboxylic acids is 1. The van der Waals surface area contributed by atoms with Gasteiger partial charge in [-0.1, -0.05) is 54.6 Å². The van der Waals surface area contributed by atoms with E-state index in [-0.39, 0.29) is 5.91 Å². The van der Waals surface area contributed by atoms with E-state index < -0.39 is 0 Å². The van der Waals surface area contributed by atoms with Gasteiger partial charge in [-0.25, -0.2) is 0 Å². The lowest BCUT2D eigenvalue weighted by molar-refractivity contribution is -0.132. The summed E-state index contributed by atoms with van der Waals surface area (Å²) in [5, 5.41) is 0. The Morgan fingerprint density at radius 2 is 1.69 bits per heavy atom. The zero-order chi connectivity index (χ0) is 18.2. The lowest BCUT2D eigenvalue weighted by Gasteiger charge is -2.34. The first-order chi connectivity index (χ1) is 12.7. The SMILES string of the molecule is COc1ccc(CC(=O)N2CCN(C/C=C/c3ccccc3)CC2)cc1. The average Bonchev–Trinajstić information content (AvgIpc) is 2.70. The van der Waals surface area contributed by atoms with Crippen LogP contribution in [0, 0.1) is 0 Å². The molecular formula is C22H26N2O2. The number of nitrogens with zero attached hydrogens (tertiary/aromatic N) is 2. The molecule has 0 radical (unpaired) electrons. The maximum Gasteiger partial charge on any atom is 0.227 e. The van der Waals surface area contributed by atoms with Gasteiger partial charge in [0.05, 0.1) is 13.5 Å². The minimum Gasteiger partial charge on any atom is -0.497 e. The van der Waals surface area contributed by atoms with Crippen molar-refractivity contribution in [1.29, 1.82) is 0 Å². The van der Waals surface area contributed by atoms with Crippen LogP contribution in [0.25, 0.3) is 6.08 Å². The van der Waals surface area contributed by atoms with Crippen molar-refractivity contribution in [3.05, 3.63) is 71.8 Å². The highest BCUT2D eigenvalue weighted by molar-refractivity contribution is 5.79. The lowest BCUT2D eigenvalue weighted by Crippen LogP contribution is -2.49. The fourth-order valence-electron chi connectivity index (χ4n) is 3.11. The van der Waals surface area contributed by atoms with E-state index in [0.717, 1.165) is 44.0 Å². The molecule has 0 atom stereocenters. The number of methoxy groups -OCH3 is 1. The Hall–Kier alpha value is -2.59. The van der Waals surface area contributed by atoms with Gasteiger partial charge in [-0.3, -0.25) is 9.69 Å². The third-order valence-corrected chi connectivity index (χ3v) is 4.71. The van der Waals surface area contributed by atoms with Gasteiger partial charge >= 0.3 is 0 Å². The van der Waals surface area contributed by atoms with Crippen molar-refractivity contribution < 1.29 is 9.53 Å². The first-order valence-electron chi connectivity index (χ1n) is 9.09. The van der Waals surface area contributed by atoms with Crippen molar-refractivity contribution >= 4 is 12.0 Å². The Morgan fingerprint density at radius 1 is 1.00 bits per heavy atom. The van der Waals surface area contributed by atoms with E-state index in [4.69, 9.17) is 4.74 Å². The Bertz CT molecular complexity index is 718. The molecule has 0 unspecified atom stereocenters. The van der Waals surface area contributed by atoms with Gasteiger partial charge in [-0.2, -0.15) is 0 Å². The van der Waals surface area contributed by atoms with Crippen LogP contribution in [0.3, 0.4) is 0 Å². The van der Waals surface area contributed by atoms with Gasteiger partial charge in [0.1, 0.15) is 5.75 Å². The second-order valence-electron chi connectivity index (χ2n) is 6.52. The second kappa shape index (κ2) is 9.20. The second-order valence-corrected chi connectivity index (χ2v) is 6.52. The third kappa shape index (κ3) is 5.20. The fourth-order valence-corrected chi connectivity index (χ4v) is 3.11. The zero-order valence-electron chi connectivity index (χ0n) is 15.3. The molecule has 2 aromatic rings. The quantitative estimate of drug-likeness (QED) is 0.803. The van der Waals surface area contributed by atoms with E-state index in [9.17, 15) is 4.79 Å². The molecule has 0 bridgehead atoms. The summed E-state index contributed by atoms with van der Waals surface area (Å²) in [6, 6.07) is 18.1. The molecule has 1 fully saturated rings. The number of amides is 1. The molecule has 0 N–H and O–H groups in total. The summed E-state index contributed by atoms with van der Waals surface area (Å²) in [4.78, 5) is 16.8. The van der Waals surface area contributed by atoms with E-state index in [2.05, 4.69) is 29.2 Å². The van der Waals surface area contributed by atoms with Crippen LogP contribution in [-0.4, -0.2) is 55.5 Å². The van der Waals surface area contributed by atoms with E-state index in [1.54, 1.807) is 7.11 Å². The molecule has 136 valence electrons. The Labute approximate surface area is 155 Å². The molecule has 0 aliphatic carbocycles. The predicted molar refractivity (Wildman–Crippen MR) is 105 cm³/mol. The molecule has 1 aliphatic heterocycles. The van der Waals surface area contributed by atoms with Gasteiger partial charge in [-0.15, -0.1) is 0 Å². The van der Waals surface area contributed by atoms with Crippen molar-refractivity contribution in [1.82, 2.24) is 9.80 Å². The molecular weight excluding hydrogens is 324 g/mol. The largest absolute Gasteiger partial charge is 0.497 e. The summed E-state index contributed by atoms with van der Waals surface area (Å²) in [5.74, 6) is 1.02. The normalized spacial score (nSPS) is 15.3. The Morgan fingerprint density at radius 3 is 2.35 bits per heavy atom. The molecule has 4 heteroatoms. The first-order valence-corrected chi connectivity index (χ1v) is 9.09. The molecule has 4 nitrogen and oxygen atoms in total. The highest BCUT2D eigenvalue weighted by atomic mass is 16.5. The molecule has 1 heterocycles. The van der Waals surface area contributed by atoms with Crippen LogP contribution in [0.15, 0.2) is 60.7 Å². The van der Waals surface area contributed by atoms with Crippen molar-refractivity contribution in [3.63, 3.8) is 0 Å². The standard InChI is InChI=1S/C22H26N2O2/c1-26-21-11-9-20(10-12-21)18-22(25)24-16-14-23(15-17-24)13-5-8-19-6-3-2-4-7-19/h2-12H,13-18H2,1H3/b8-5+. The molecule has 1 aliphatic rings.